The molecular weight excluding hydrogens is 151 g/mol. The maximum atomic E-state index is 8.92. The monoisotopic (exact) mass is 158 g/mol. The van der Waals surface area contributed by atoms with Crippen LogP contribution in [0.2, 0.25) is 0 Å². The van der Waals surface area contributed by atoms with E-state index in [9.17, 15) is 0 Å². The number of halogens is 2. The minimum absolute atomic E-state index is 0.0347. The minimum atomic E-state index is -1.29. The van der Waals surface area contributed by atoms with Gasteiger partial charge in [-0.3, -0.25) is 0 Å². The molecule has 0 saturated carbocycles. The molecule has 2 N–H and O–H groups in total. The van der Waals surface area contributed by atoms with E-state index in [-0.39, 0.29) is 18.4 Å². The smallest absolute Gasteiger partial charge is 0.115 e. The van der Waals surface area contributed by atoms with E-state index in [4.69, 9.17) is 33.4 Å². The molecule has 0 rings (SSSR count). The highest BCUT2D eigenvalue weighted by Gasteiger charge is 2.22. The van der Waals surface area contributed by atoms with Gasteiger partial charge in [0.15, 0.2) is 0 Å². The zero-order chi connectivity index (χ0) is 6.62. The first-order chi connectivity index (χ1) is 3.68. The van der Waals surface area contributed by atoms with Crippen LogP contribution in [-0.2, 0) is 0 Å². The van der Waals surface area contributed by atoms with Crippen molar-refractivity contribution < 1.29 is 10.2 Å². The molecule has 0 spiro atoms. The van der Waals surface area contributed by atoms with Gasteiger partial charge in [0, 0.05) is 0 Å². The van der Waals surface area contributed by atoms with Gasteiger partial charge >= 0.3 is 0 Å². The molecule has 2 nitrogen and oxygen atoms in total. The van der Waals surface area contributed by atoms with Crippen molar-refractivity contribution in [3.05, 3.63) is 0 Å². The molecule has 0 bridgehead atoms. The summed E-state index contributed by atoms with van der Waals surface area (Å²) in [6.07, 6.45) is 0. The van der Waals surface area contributed by atoms with Crippen molar-refractivity contribution in [3.8, 4) is 0 Å². The zero-order valence-electron chi connectivity index (χ0n) is 4.27. The van der Waals surface area contributed by atoms with Crippen LogP contribution in [0.5, 0.6) is 0 Å². The predicted octanol–water partition coefficient (Wildman–Crippen LogP) is 0.187. The third-order valence-corrected chi connectivity index (χ3v) is 1.79. The maximum absolute atomic E-state index is 8.92. The van der Waals surface area contributed by atoms with Crippen LogP contribution in [0.15, 0.2) is 0 Å². The summed E-state index contributed by atoms with van der Waals surface area (Å²) in [5, 5.41) is 17.3. The van der Waals surface area contributed by atoms with Crippen LogP contribution in [0.4, 0.5) is 0 Å². The lowest BCUT2D eigenvalue weighted by molar-refractivity contribution is 0.0244. The normalized spacial score (nSPS) is 12.0. The van der Waals surface area contributed by atoms with Crippen molar-refractivity contribution in [2.45, 2.75) is 5.60 Å². The lowest BCUT2D eigenvalue weighted by Crippen LogP contribution is -2.37. The molecule has 0 unspecified atom stereocenters. The highest BCUT2D eigenvalue weighted by Crippen LogP contribution is 2.07. The summed E-state index contributed by atoms with van der Waals surface area (Å²) in [5.74, 6) is -0.0694. The van der Waals surface area contributed by atoms with E-state index in [1.807, 2.05) is 0 Å². The molecule has 0 aromatic rings. The Labute approximate surface area is 58.0 Å². The van der Waals surface area contributed by atoms with Crippen LogP contribution in [0, 0.1) is 0 Å². The molecule has 0 aromatic heterocycles. The summed E-state index contributed by atoms with van der Waals surface area (Å²) in [7, 11) is 0. The summed E-state index contributed by atoms with van der Waals surface area (Å²) in [4.78, 5) is 0. The van der Waals surface area contributed by atoms with Crippen LogP contribution >= 0.6 is 23.2 Å². The van der Waals surface area contributed by atoms with Crippen LogP contribution in [0.1, 0.15) is 0 Å². The van der Waals surface area contributed by atoms with Gasteiger partial charge in [-0.1, -0.05) is 0 Å². The van der Waals surface area contributed by atoms with E-state index in [0.717, 1.165) is 0 Å². The Bertz CT molecular complexity index is 54.8. The van der Waals surface area contributed by atoms with Crippen molar-refractivity contribution in [1.29, 1.82) is 0 Å². The number of aliphatic hydroxyl groups is 2. The summed E-state index contributed by atoms with van der Waals surface area (Å²) >= 11 is 10.4. The first-order valence-corrected chi connectivity index (χ1v) is 3.20. The molecule has 0 atom stereocenters. The second-order valence-corrected chi connectivity index (χ2v) is 2.18. The summed E-state index contributed by atoms with van der Waals surface area (Å²) in [6.45, 7) is -0.389. The molecule has 0 radical (unpaired) electrons. The van der Waals surface area contributed by atoms with E-state index in [1.165, 1.54) is 0 Å². The van der Waals surface area contributed by atoms with E-state index in [0.29, 0.717) is 0 Å². The van der Waals surface area contributed by atoms with Crippen LogP contribution < -0.4 is 0 Å². The Balaban J connectivity index is 3.58. The molecule has 0 heterocycles. The van der Waals surface area contributed by atoms with Gasteiger partial charge in [0.1, 0.15) is 5.60 Å². The largest absolute Gasteiger partial charge is 0.393 e. The Hall–Kier alpha value is 0.500. The molecule has 0 fully saturated rings. The van der Waals surface area contributed by atoms with E-state index >= 15 is 0 Å². The lowest BCUT2D eigenvalue weighted by atomic mass is 10.2. The molecule has 8 heavy (non-hydrogen) atoms. The Morgan fingerprint density at radius 1 is 1.25 bits per heavy atom. The highest BCUT2D eigenvalue weighted by molar-refractivity contribution is 6.21. The van der Waals surface area contributed by atoms with Gasteiger partial charge in [-0.2, -0.15) is 0 Å². The molecule has 50 valence electrons. The molecule has 0 saturated heterocycles. The first kappa shape index (κ1) is 8.50. The second-order valence-electron chi connectivity index (χ2n) is 1.65. The molecule has 0 amide bonds. The van der Waals surface area contributed by atoms with Gasteiger partial charge in [0.25, 0.3) is 0 Å². The maximum Gasteiger partial charge on any atom is 0.115 e. The quantitative estimate of drug-likeness (QED) is 0.577. The van der Waals surface area contributed by atoms with Gasteiger partial charge in [-0.25, -0.2) is 0 Å². The first-order valence-electron chi connectivity index (χ1n) is 2.14. The second kappa shape index (κ2) is 3.51. The van der Waals surface area contributed by atoms with Crippen molar-refractivity contribution in [1.82, 2.24) is 0 Å². The van der Waals surface area contributed by atoms with Crippen LogP contribution in [0.25, 0.3) is 0 Å². The van der Waals surface area contributed by atoms with Crippen molar-refractivity contribution in [2.24, 2.45) is 0 Å². The topological polar surface area (TPSA) is 40.5 Å². The van der Waals surface area contributed by atoms with Crippen molar-refractivity contribution in [3.63, 3.8) is 0 Å². The molecule has 0 aliphatic carbocycles. The number of rotatable bonds is 3. The van der Waals surface area contributed by atoms with E-state index < -0.39 is 5.60 Å². The zero-order valence-corrected chi connectivity index (χ0v) is 5.78. The van der Waals surface area contributed by atoms with Crippen molar-refractivity contribution in [2.75, 3.05) is 18.4 Å². The highest BCUT2D eigenvalue weighted by atomic mass is 35.5. The number of hydrogen-bond donors (Lipinski definition) is 2. The SMILES string of the molecule is OCC(O)(CCl)CCl. The number of aliphatic hydroxyl groups excluding tert-OH is 1. The fourth-order valence-corrected chi connectivity index (χ4v) is 0.575. The Kier molecular flexibility index (Phi) is 3.73. The predicted molar refractivity (Wildman–Crippen MR) is 33.5 cm³/mol. The van der Waals surface area contributed by atoms with Gasteiger partial charge in [-0.15, -0.1) is 23.2 Å². The van der Waals surface area contributed by atoms with Gasteiger partial charge in [0.05, 0.1) is 18.4 Å². The third-order valence-electron chi connectivity index (χ3n) is 0.792. The third kappa shape index (κ3) is 2.18. The standard InChI is InChI=1S/C4H8Cl2O2/c5-1-4(8,2-6)3-7/h7-8H,1-3H2. The van der Waals surface area contributed by atoms with Gasteiger partial charge in [-0.05, 0) is 0 Å². The van der Waals surface area contributed by atoms with Crippen LogP contribution in [0.3, 0.4) is 0 Å². The van der Waals surface area contributed by atoms with Crippen LogP contribution in [-0.4, -0.2) is 34.2 Å². The summed E-state index contributed by atoms with van der Waals surface area (Å²) in [5.41, 5.74) is -1.29. The number of hydrogen-bond acceptors (Lipinski definition) is 2. The molecule has 0 aliphatic rings. The molecule has 0 aromatic carbocycles. The Morgan fingerprint density at radius 3 is 1.62 bits per heavy atom. The van der Waals surface area contributed by atoms with Crippen molar-refractivity contribution >= 4 is 23.2 Å². The van der Waals surface area contributed by atoms with Gasteiger partial charge < -0.3 is 10.2 Å². The van der Waals surface area contributed by atoms with E-state index in [1.54, 1.807) is 0 Å². The summed E-state index contributed by atoms with van der Waals surface area (Å²) in [6, 6.07) is 0. The molecule has 4 heteroatoms. The number of alkyl halides is 2. The average Bonchev–Trinajstić information content (AvgIpc) is 1.87. The van der Waals surface area contributed by atoms with Gasteiger partial charge in [0.2, 0.25) is 0 Å². The molecular formula is C4H8Cl2O2. The van der Waals surface area contributed by atoms with E-state index in [2.05, 4.69) is 0 Å². The average molecular weight is 159 g/mol. The minimum Gasteiger partial charge on any atom is -0.393 e. The summed E-state index contributed by atoms with van der Waals surface area (Å²) < 4.78 is 0. The fourth-order valence-electron chi connectivity index (χ4n) is 0.120. The lowest BCUT2D eigenvalue weighted by Gasteiger charge is -2.18. The fraction of sp³-hybridized carbons (Fsp3) is 1.00. The molecule has 0 aliphatic heterocycles. The Morgan fingerprint density at radius 2 is 1.62 bits per heavy atom.